The number of aromatic nitrogens is 3. The van der Waals surface area contributed by atoms with Crippen molar-refractivity contribution in [3.63, 3.8) is 0 Å². The summed E-state index contributed by atoms with van der Waals surface area (Å²) in [6.07, 6.45) is 2.27. The van der Waals surface area contributed by atoms with Crippen molar-refractivity contribution in [2.45, 2.75) is 52.2 Å². The summed E-state index contributed by atoms with van der Waals surface area (Å²) in [4.78, 5) is 11.1. The van der Waals surface area contributed by atoms with Gasteiger partial charge in [0.15, 0.2) is 0 Å². The van der Waals surface area contributed by atoms with Gasteiger partial charge in [0.25, 0.3) is 0 Å². The second-order valence-electron chi connectivity index (χ2n) is 5.39. The summed E-state index contributed by atoms with van der Waals surface area (Å²) in [6, 6.07) is 0.0530. The number of esters is 1. The first-order valence-corrected chi connectivity index (χ1v) is 6.05. The van der Waals surface area contributed by atoms with E-state index in [4.69, 9.17) is 0 Å². The van der Waals surface area contributed by atoms with Crippen molar-refractivity contribution in [2.24, 2.45) is 0 Å². The predicted octanol–water partition coefficient (Wildman–Crippen LogP) is 1.07. The molecule has 6 nitrogen and oxygen atoms in total. The van der Waals surface area contributed by atoms with Gasteiger partial charge in [-0.05, 0) is 27.7 Å². The van der Waals surface area contributed by atoms with Gasteiger partial charge < -0.3 is 10.1 Å². The number of methoxy groups -OCH3 is 1. The summed E-state index contributed by atoms with van der Waals surface area (Å²) in [6.45, 7) is 8.73. The fourth-order valence-electron chi connectivity index (χ4n) is 1.39. The minimum atomic E-state index is -0.214. The van der Waals surface area contributed by atoms with Gasteiger partial charge in [-0.3, -0.25) is 4.79 Å². The lowest BCUT2D eigenvalue weighted by Gasteiger charge is -2.17. The molecule has 1 aromatic heterocycles. The Morgan fingerprint density at radius 1 is 1.56 bits per heavy atom. The van der Waals surface area contributed by atoms with Crippen molar-refractivity contribution in [1.29, 1.82) is 0 Å². The van der Waals surface area contributed by atoms with E-state index in [-0.39, 0.29) is 17.6 Å². The maximum Gasteiger partial charge on any atom is 0.307 e. The van der Waals surface area contributed by atoms with Crippen molar-refractivity contribution in [3.8, 4) is 0 Å². The van der Waals surface area contributed by atoms with E-state index in [0.717, 1.165) is 5.69 Å². The summed E-state index contributed by atoms with van der Waals surface area (Å²) >= 11 is 0. The van der Waals surface area contributed by atoms with Gasteiger partial charge in [0.2, 0.25) is 0 Å². The molecule has 0 amide bonds. The molecule has 0 saturated carbocycles. The van der Waals surface area contributed by atoms with E-state index in [0.29, 0.717) is 13.0 Å². The maximum atomic E-state index is 11.1. The average Bonchev–Trinajstić information content (AvgIpc) is 2.74. The van der Waals surface area contributed by atoms with Crippen LogP contribution < -0.4 is 5.32 Å². The molecule has 1 aromatic rings. The number of rotatable bonds is 5. The lowest BCUT2D eigenvalue weighted by molar-refractivity contribution is -0.141. The molecular weight excluding hydrogens is 232 g/mol. The third-order valence-corrected chi connectivity index (χ3v) is 2.56. The van der Waals surface area contributed by atoms with Crippen LogP contribution in [0.5, 0.6) is 0 Å². The van der Waals surface area contributed by atoms with Crippen molar-refractivity contribution in [1.82, 2.24) is 20.3 Å². The number of carbonyl (C=O) groups is 1. The SMILES string of the molecule is COC(=O)CC(C)NCc1cn(C(C)(C)C)nn1. The van der Waals surface area contributed by atoms with Crippen LogP contribution in [0.15, 0.2) is 6.20 Å². The van der Waals surface area contributed by atoms with Crippen molar-refractivity contribution in [3.05, 3.63) is 11.9 Å². The summed E-state index contributed by atoms with van der Waals surface area (Å²) in [5, 5.41) is 11.4. The predicted molar refractivity (Wildman–Crippen MR) is 68.0 cm³/mol. The Labute approximate surface area is 108 Å². The Morgan fingerprint density at radius 2 is 2.22 bits per heavy atom. The molecule has 0 spiro atoms. The van der Waals surface area contributed by atoms with Crippen LogP contribution in [-0.4, -0.2) is 34.1 Å². The van der Waals surface area contributed by atoms with Gasteiger partial charge >= 0.3 is 5.97 Å². The number of carbonyl (C=O) groups excluding carboxylic acids is 1. The van der Waals surface area contributed by atoms with Gasteiger partial charge in [0.1, 0.15) is 0 Å². The van der Waals surface area contributed by atoms with Gasteiger partial charge in [-0.2, -0.15) is 0 Å². The van der Waals surface area contributed by atoms with Crippen LogP contribution in [0, 0.1) is 0 Å². The Balaban J connectivity index is 2.44. The lowest BCUT2D eigenvalue weighted by atomic mass is 10.1. The van der Waals surface area contributed by atoms with Gasteiger partial charge in [0, 0.05) is 12.6 Å². The third-order valence-electron chi connectivity index (χ3n) is 2.56. The highest BCUT2D eigenvalue weighted by atomic mass is 16.5. The molecule has 1 unspecified atom stereocenters. The molecule has 0 radical (unpaired) electrons. The zero-order valence-corrected chi connectivity index (χ0v) is 11.7. The molecule has 0 aliphatic carbocycles. The summed E-state index contributed by atoms with van der Waals surface area (Å²) in [5.41, 5.74) is 0.796. The van der Waals surface area contributed by atoms with E-state index >= 15 is 0 Å². The Kier molecular flexibility index (Phi) is 4.84. The van der Waals surface area contributed by atoms with Crippen LogP contribution in [0.25, 0.3) is 0 Å². The average molecular weight is 254 g/mol. The molecule has 6 heteroatoms. The maximum absolute atomic E-state index is 11.1. The van der Waals surface area contributed by atoms with Crippen molar-refractivity contribution < 1.29 is 9.53 Å². The van der Waals surface area contributed by atoms with Crippen LogP contribution in [0.4, 0.5) is 0 Å². The molecule has 0 aromatic carbocycles. The molecule has 102 valence electrons. The fraction of sp³-hybridized carbons (Fsp3) is 0.750. The van der Waals surface area contributed by atoms with E-state index < -0.39 is 0 Å². The molecule has 0 bridgehead atoms. The van der Waals surface area contributed by atoms with Crippen LogP contribution in [-0.2, 0) is 21.6 Å². The molecule has 18 heavy (non-hydrogen) atoms. The molecule has 1 N–H and O–H groups in total. The topological polar surface area (TPSA) is 69.0 Å². The minimum absolute atomic E-state index is 0.0530. The van der Waals surface area contributed by atoms with E-state index in [2.05, 4.69) is 41.1 Å². The molecule has 0 aliphatic rings. The Hall–Kier alpha value is -1.43. The van der Waals surface area contributed by atoms with Crippen LogP contribution in [0.3, 0.4) is 0 Å². The van der Waals surface area contributed by atoms with Gasteiger partial charge in [-0.25, -0.2) is 4.68 Å². The highest BCUT2D eigenvalue weighted by Crippen LogP contribution is 2.11. The largest absolute Gasteiger partial charge is 0.469 e. The van der Waals surface area contributed by atoms with E-state index in [1.165, 1.54) is 7.11 Å². The highest BCUT2D eigenvalue weighted by Gasteiger charge is 2.15. The first kappa shape index (κ1) is 14.6. The van der Waals surface area contributed by atoms with Crippen LogP contribution in [0.2, 0.25) is 0 Å². The first-order valence-electron chi connectivity index (χ1n) is 6.05. The molecule has 1 heterocycles. The highest BCUT2D eigenvalue weighted by molar-refractivity contribution is 5.69. The summed E-state index contributed by atoms with van der Waals surface area (Å²) < 4.78 is 6.44. The Bertz CT molecular complexity index is 395. The number of hydrogen-bond donors (Lipinski definition) is 1. The third kappa shape index (κ3) is 4.44. The van der Waals surface area contributed by atoms with E-state index in [1.54, 1.807) is 0 Å². The van der Waals surface area contributed by atoms with Crippen LogP contribution in [0.1, 0.15) is 39.8 Å². The smallest absolute Gasteiger partial charge is 0.307 e. The standard InChI is InChI=1S/C12H22N4O2/c1-9(6-11(17)18-5)13-7-10-8-16(15-14-10)12(2,3)4/h8-9,13H,6-7H2,1-5H3. The van der Waals surface area contributed by atoms with Gasteiger partial charge in [0.05, 0.1) is 31.0 Å². The number of nitrogens with zero attached hydrogens (tertiary/aromatic N) is 3. The number of hydrogen-bond acceptors (Lipinski definition) is 5. The van der Waals surface area contributed by atoms with Crippen molar-refractivity contribution in [2.75, 3.05) is 7.11 Å². The zero-order chi connectivity index (χ0) is 13.8. The molecule has 1 atom stereocenters. The lowest BCUT2D eigenvalue weighted by Crippen LogP contribution is -2.28. The van der Waals surface area contributed by atoms with Gasteiger partial charge in [-0.15, -0.1) is 5.10 Å². The molecule has 0 saturated heterocycles. The van der Waals surface area contributed by atoms with Crippen molar-refractivity contribution >= 4 is 5.97 Å². The van der Waals surface area contributed by atoms with Gasteiger partial charge in [-0.1, -0.05) is 5.21 Å². The normalized spacial score (nSPS) is 13.4. The van der Waals surface area contributed by atoms with E-state index in [1.807, 2.05) is 17.8 Å². The van der Waals surface area contributed by atoms with Crippen LogP contribution >= 0.6 is 0 Å². The first-order chi connectivity index (χ1) is 8.32. The second-order valence-corrected chi connectivity index (χ2v) is 5.39. The zero-order valence-electron chi connectivity index (χ0n) is 11.7. The molecule has 0 aliphatic heterocycles. The number of nitrogens with one attached hydrogen (secondary N) is 1. The monoisotopic (exact) mass is 254 g/mol. The summed E-state index contributed by atoms with van der Waals surface area (Å²) in [5.74, 6) is -0.214. The second kappa shape index (κ2) is 5.95. The molecular formula is C12H22N4O2. The quantitative estimate of drug-likeness (QED) is 0.796. The fourth-order valence-corrected chi connectivity index (χ4v) is 1.39. The Morgan fingerprint density at radius 3 is 2.72 bits per heavy atom. The molecule has 1 rings (SSSR count). The van der Waals surface area contributed by atoms with E-state index in [9.17, 15) is 4.79 Å². The minimum Gasteiger partial charge on any atom is -0.469 e. The molecule has 0 fully saturated rings. The summed E-state index contributed by atoms with van der Waals surface area (Å²) in [7, 11) is 1.39. The number of ether oxygens (including phenoxy) is 1.